The number of nitrogens with two attached hydrogens (primary N) is 1. The second kappa shape index (κ2) is 2.84. The lowest BCUT2D eigenvalue weighted by atomic mass is 10.0. The van der Waals surface area contributed by atoms with Crippen molar-refractivity contribution in [3.8, 4) is 0 Å². The highest BCUT2D eigenvalue weighted by atomic mass is 16.4. The molecule has 0 atom stereocenters. The minimum Gasteiger partial charge on any atom is -0.478 e. The summed E-state index contributed by atoms with van der Waals surface area (Å²) in [5, 5.41) is 8.42. The van der Waals surface area contributed by atoms with Gasteiger partial charge in [-0.05, 0) is 20.8 Å². The van der Waals surface area contributed by atoms with Gasteiger partial charge >= 0.3 is 5.97 Å². The topological polar surface area (TPSA) is 63.3 Å². The van der Waals surface area contributed by atoms with E-state index in [4.69, 9.17) is 10.8 Å². The summed E-state index contributed by atoms with van der Waals surface area (Å²) in [6, 6.07) is 0. The lowest BCUT2D eigenvalue weighted by molar-refractivity contribution is -0.132. The number of aliphatic carboxylic acids is 1. The average Bonchev–Trinajstić information content (AvgIpc) is 1.60. The van der Waals surface area contributed by atoms with Crippen LogP contribution in [0.25, 0.3) is 0 Å². The molecule has 0 rings (SSSR count). The first-order valence-corrected chi connectivity index (χ1v) is 3.04. The zero-order chi connectivity index (χ0) is 8.36. The Balaban J connectivity index is 4.32. The van der Waals surface area contributed by atoms with Crippen LogP contribution < -0.4 is 5.73 Å². The van der Waals surface area contributed by atoms with Crippen LogP contribution in [0.15, 0.2) is 11.6 Å². The van der Waals surface area contributed by atoms with Crippen LogP contribution in [0.5, 0.6) is 0 Å². The fourth-order valence-electron chi connectivity index (χ4n) is 0.620. The van der Waals surface area contributed by atoms with E-state index in [1.165, 1.54) is 13.0 Å². The molecule has 0 unspecified atom stereocenters. The molecule has 0 saturated carbocycles. The summed E-state index contributed by atoms with van der Waals surface area (Å²) in [6.45, 7) is 5.02. The van der Waals surface area contributed by atoms with E-state index in [0.29, 0.717) is 0 Å². The van der Waals surface area contributed by atoms with Crippen LogP contribution in [0.1, 0.15) is 20.8 Å². The first kappa shape index (κ1) is 9.17. The third kappa shape index (κ3) is 4.09. The Morgan fingerprint density at radius 1 is 1.60 bits per heavy atom. The molecular formula is C7H13NO2. The van der Waals surface area contributed by atoms with Gasteiger partial charge in [-0.25, -0.2) is 4.79 Å². The summed E-state index contributed by atoms with van der Waals surface area (Å²) in [5.41, 5.74) is 5.28. The van der Waals surface area contributed by atoms with E-state index in [2.05, 4.69) is 0 Å². The predicted molar refractivity (Wildman–Crippen MR) is 39.7 cm³/mol. The Labute approximate surface area is 60.5 Å². The Morgan fingerprint density at radius 3 is 2.10 bits per heavy atom. The number of rotatable bonds is 2. The molecule has 0 aromatic rings. The van der Waals surface area contributed by atoms with Gasteiger partial charge in [-0.15, -0.1) is 0 Å². The highest BCUT2D eigenvalue weighted by molar-refractivity contribution is 5.86. The quantitative estimate of drug-likeness (QED) is 0.561. The number of carboxylic acids is 1. The molecule has 3 nitrogen and oxygen atoms in total. The van der Waals surface area contributed by atoms with E-state index in [1.54, 1.807) is 13.8 Å². The summed E-state index contributed by atoms with van der Waals surface area (Å²) in [4.78, 5) is 10.3. The van der Waals surface area contributed by atoms with Gasteiger partial charge < -0.3 is 10.8 Å². The molecule has 0 aliphatic rings. The standard InChI is InChI=1S/C7H13NO2/c1-5(6(9)10)4-7(2,3)8/h4H,8H2,1-3H3,(H,9,10)/b5-4+. The molecule has 0 aliphatic heterocycles. The lowest BCUT2D eigenvalue weighted by Crippen LogP contribution is -2.29. The van der Waals surface area contributed by atoms with E-state index < -0.39 is 11.5 Å². The smallest absolute Gasteiger partial charge is 0.331 e. The van der Waals surface area contributed by atoms with Crippen molar-refractivity contribution in [1.82, 2.24) is 0 Å². The Hall–Kier alpha value is -0.830. The van der Waals surface area contributed by atoms with Crippen LogP contribution in [0.2, 0.25) is 0 Å². The molecule has 0 heterocycles. The van der Waals surface area contributed by atoms with Crippen molar-refractivity contribution in [3.05, 3.63) is 11.6 Å². The third-order valence-electron chi connectivity index (χ3n) is 0.926. The zero-order valence-electron chi connectivity index (χ0n) is 6.51. The summed E-state index contributed by atoms with van der Waals surface area (Å²) < 4.78 is 0. The molecule has 0 amide bonds. The van der Waals surface area contributed by atoms with Crippen molar-refractivity contribution in [2.24, 2.45) is 5.73 Å². The minimum absolute atomic E-state index is 0.285. The Bertz CT molecular complexity index is 165. The van der Waals surface area contributed by atoms with E-state index in [0.717, 1.165) is 0 Å². The van der Waals surface area contributed by atoms with E-state index in [9.17, 15) is 4.79 Å². The van der Waals surface area contributed by atoms with Gasteiger partial charge in [0, 0.05) is 11.1 Å². The van der Waals surface area contributed by atoms with E-state index in [1.807, 2.05) is 0 Å². The van der Waals surface area contributed by atoms with Crippen LogP contribution in [0.3, 0.4) is 0 Å². The Morgan fingerprint density at radius 2 is 2.00 bits per heavy atom. The summed E-state index contributed by atoms with van der Waals surface area (Å²) >= 11 is 0. The fraction of sp³-hybridized carbons (Fsp3) is 0.571. The molecule has 0 aromatic heterocycles. The fourth-order valence-corrected chi connectivity index (χ4v) is 0.620. The number of carbonyl (C=O) groups is 1. The second-order valence-corrected chi connectivity index (χ2v) is 2.95. The molecular weight excluding hydrogens is 130 g/mol. The van der Waals surface area contributed by atoms with Crippen molar-refractivity contribution in [1.29, 1.82) is 0 Å². The summed E-state index contributed by atoms with van der Waals surface area (Å²) in [6.07, 6.45) is 1.52. The molecule has 0 saturated heterocycles. The van der Waals surface area contributed by atoms with Crippen LogP contribution in [-0.4, -0.2) is 16.6 Å². The molecule has 0 fully saturated rings. The van der Waals surface area contributed by atoms with Crippen molar-refractivity contribution in [3.63, 3.8) is 0 Å². The lowest BCUT2D eigenvalue weighted by Gasteiger charge is -2.12. The van der Waals surface area contributed by atoms with Crippen LogP contribution in [0, 0.1) is 0 Å². The van der Waals surface area contributed by atoms with Crippen LogP contribution in [-0.2, 0) is 4.79 Å². The van der Waals surface area contributed by atoms with Gasteiger partial charge in [0.2, 0.25) is 0 Å². The molecule has 0 spiro atoms. The predicted octanol–water partition coefficient (Wildman–Crippen LogP) is 0.755. The largest absolute Gasteiger partial charge is 0.478 e. The number of carboxylic acid groups (broad SMARTS) is 1. The molecule has 58 valence electrons. The molecule has 3 N–H and O–H groups in total. The van der Waals surface area contributed by atoms with Gasteiger partial charge in [-0.3, -0.25) is 0 Å². The summed E-state index contributed by atoms with van der Waals surface area (Å²) in [5.74, 6) is -0.918. The molecule has 0 bridgehead atoms. The maximum absolute atomic E-state index is 10.3. The van der Waals surface area contributed by atoms with Crippen molar-refractivity contribution < 1.29 is 9.90 Å². The highest BCUT2D eigenvalue weighted by Crippen LogP contribution is 2.03. The zero-order valence-corrected chi connectivity index (χ0v) is 6.51. The highest BCUT2D eigenvalue weighted by Gasteiger charge is 2.09. The van der Waals surface area contributed by atoms with E-state index >= 15 is 0 Å². The van der Waals surface area contributed by atoms with Crippen LogP contribution in [0.4, 0.5) is 0 Å². The van der Waals surface area contributed by atoms with Crippen molar-refractivity contribution in [2.75, 3.05) is 0 Å². The van der Waals surface area contributed by atoms with Gasteiger partial charge in [0.15, 0.2) is 0 Å². The van der Waals surface area contributed by atoms with Gasteiger partial charge in [0.05, 0.1) is 0 Å². The van der Waals surface area contributed by atoms with Gasteiger partial charge in [0.25, 0.3) is 0 Å². The maximum atomic E-state index is 10.3. The second-order valence-electron chi connectivity index (χ2n) is 2.95. The van der Waals surface area contributed by atoms with E-state index in [-0.39, 0.29) is 5.57 Å². The number of hydrogen-bond donors (Lipinski definition) is 2. The van der Waals surface area contributed by atoms with Gasteiger partial charge in [0.1, 0.15) is 0 Å². The molecule has 3 heteroatoms. The van der Waals surface area contributed by atoms with Crippen molar-refractivity contribution in [2.45, 2.75) is 26.3 Å². The molecule has 0 aromatic carbocycles. The first-order chi connectivity index (χ1) is 4.33. The third-order valence-corrected chi connectivity index (χ3v) is 0.926. The molecule has 0 radical (unpaired) electrons. The van der Waals surface area contributed by atoms with Gasteiger partial charge in [-0.1, -0.05) is 6.08 Å². The SMILES string of the molecule is C/C(=C\C(C)(C)N)C(=O)O. The van der Waals surface area contributed by atoms with Gasteiger partial charge in [-0.2, -0.15) is 0 Å². The number of hydrogen-bond acceptors (Lipinski definition) is 2. The summed E-state index contributed by atoms with van der Waals surface area (Å²) in [7, 11) is 0. The Kier molecular flexibility index (Phi) is 2.60. The van der Waals surface area contributed by atoms with Crippen LogP contribution >= 0.6 is 0 Å². The average molecular weight is 143 g/mol. The first-order valence-electron chi connectivity index (χ1n) is 3.04. The normalized spacial score (nSPS) is 13.4. The van der Waals surface area contributed by atoms with Crippen molar-refractivity contribution >= 4 is 5.97 Å². The molecule has 0 aliphatic carbocycles. The maximum Gasteiger partial charge on any atom is 0.331 e. The minimum atomic E-state index is -0.918. The molecule has 10 heavy (non-hydrogen) atoms. The monoisotopic (exact) mass is 143 g/mol.